The zero-order chi connectivity index (χ0) is 12.8. The van der Waals surface area contributed by atoms with Crippen molar-refractivity contribution in [1.82, 2.24) is 5.32 Å². The van der Waals surface area contributed by atoms with E-state index in [4.69, 9.17) is 5.53 Å². The van der Waals surface area contributed by atoms with Crippen LogP contribution in [0.25, 0.3) is 10.4 Å². The summed E-state index contributed by atoms with van der Waals surface area (Å²) < 4.78 is 0. The van der Waals surface area contributed by atoms with Crippen molar-refractivity contribution >= 4 is 17.2 Å². The summed E-state index contributed by atoms with van der Waals surface area (Å²) in [7, 11) is 0. The van der Waals surface area contributed by atoms with E-state index in [0.29, 0.717) is 17.5 Å². The first-order chi connectivity index (χ1) is 8.79. The maximum atomic E-state index is 12.0. The van der Waals surface area contributed by atoms with E-state index in [0.717, 1.165) is 17.7 Å². The average molecular weight is 264 g/mol. The number of thiophene rings is 1. The number of hydrogen-bond acceptors (Lipinski definition) is 3. The van der Waals surface area contributed by atoms with Crippen LogP contribution >= 0.6 is 11.3 Å². The standard InChI is InChI=1S/C12H16N4OS/c13-16-14-8-10-6-7-11(18-10)12(17)15-9-4-2-1-3-5-9/h6-7,9H,1-5,8H2,(H,15,17). The molecule has 1 aromatic heterocycles. The minimum absolute atomic E-state index is 0.000845. The van der Waals surface area contributed by atoms with Crippen molar-refractivity contribution in [2.45, 2.75) is 44.7 Å². The van der Waals surface area contributed by atoms with Crippen LogP contribution in [-0.2, 0) is 6.54 Å². The average Bonchev–Trinajstić information content (AvgIpc) is 2.86. The molecular weight excluding hydrogens is 248 g/mol. The summed E-state index contributed by atoms with van der Waals surface area (Å²) in [6.07, 6.45) is 5.86. The van der Waals surface area contributed by atoms with Gasteiger partial charge in [0.2, 0.25) is 0 Å². The van der Waals surface area contributed by atoms with E-state index in [9.17, 15) is 4.79 Å². The largest absolute Gasteiger partial charge is 0.349 e. The Morgan fingerprint density at radius 2 is 2.22 bits per heavy atom. The number of carbonyl (C=O) groups is 1. The first-order valence-corrected chi connectivity index (χ1v) is 7.01. The number of nitrogens with one attached hydrogen (secondary N) is 1. The summed E-state index contributed by atoms with van der Waals surface area (Å²) in [5, 5.41) is 6.56. The molecule has 1 saturated carbocycles. The summed E-state index contributed by atoms with van der Waals surface area (Å²) in [5.74, 6) is -0.000845. The van der Waals surface area contributed by atoms with Gasteiger partial charge >= 0.3 is 0 Å². The molecule has 0 bridgehead atoms. The summed E-state index contributed by atoms with van der Waals surface area (Å²) in [6, 6.07) is 3.97. The molecule has 1 aromatic rings. The number of rotatable bonds is 4. The number of hydrogen-bond donors (Lipinski definition) is 1. The molecule has 5 nitrogen and oxygen atoms in total. The van der Waals surface area contributed by atoms with Crippen LogP contribution in [-0.4, -0.2) is 11.9 Å². The Bertz CT molecular complexity index is 458. The topological polar surface area (TPSA) is 77.9 Å². The van der Waals surface area contributed by atoms with E-state index in [2.05, 4.69) is 15.3 Å². The second kappa shape index (κ2) is 6.42. The molecular formula is C12H16N4OS. The molecule has 0 atom stereocenters. The van der Waals surface area contributed by atoms with Crippen LogP contribution in [0, 0.1) is 0 Å². The van der Waals surface area contributed by atoms with Gasteiger partial charge < -0.3 is 5.32 Å². The van der Waals surface area contributed by atoms with E-state index >= 15 is 0 Å². The summed E-state index contributed by atoms with van der Waals surface area (Å²) in [5.41, 5.74) is 8.24. The Labute approximate surface area is 110 Å². The van der Waals surface area contributed by atoms with Crippen molar-refractivity contribution in [1.29, 1.82) is 0 Å². The fourth-order valence-corrected chi connectivity index (χ4v) is 3.02. The molecule has 1 amide bonds. The Balaban J connectivity index is 1.91. The number of azide groups is 1. The van der Waals surface area contributed by atoms with Crippen molar-refractivity contribution in [2.75, 3.05) is 0 Å². The molecule has 0 aliphatic heterocycles. The van der Waals surface area contributed by atoms with Crippen LogP contribution in [0.1, 0.15) is 46.7 Å². The third-order valence-corrected chi connectivity index (χ3v) is 4.18. The lowest BCUT2D eigenvalue weighted by Gasteiger charge is -2.22. The highest BCUT2D eigenvalue weighted by Gasteiger charge is 2.17. The van der Waals surface area contributed by atoms with Gasteiger partial charge in [-0.2, -0.15) is 0 Å². The van der Waals surface area contributed by atoms with Gasteiger partial charge in [0.15, 0.2) is 0 Å². The third-order valence-electron chi connectivity index (χ3n) is 3.12. The molecule has 0 spiro atoms. The first kappa shape index (κ1) is 12.9. The zero-order valence-corrected chi connectivity index (χ0v) is 10.9. The molecule has 96 valence electrons. The Kier molecular flexibility index (Phi) is 4.61. The van der Waals surface area contributed by atoms with Gasteiger partial charge in [0, 0.05) is 15.8 Å². The Morgan fingerprint density at radius 3 is 2.94 bits per heavy atom. The second-order valence-electron chi connectivity index (χ2n) is 4.46. The summed E-state index contributed by atoms with van der Waals surface area (Å²) in [4.78, 5) is 16.3. The highest BCUT2D eigenvalue weighted by atomic mass is 32.1. The second-order valence-corrected chi connectivity index (χ2v) is 5.63. The van der Waals surface area contributed by atoms with Crippen molar-refractivity contribution in [3.8, 4) is 0 Å². The predicted molar refractivity (Wildman–Crippen MR) is 71.5 cm³/mol. The van der Waals surface area contributed by atoms with E-state index in [1.165, 1.54) is 30.6 Å². The maximum absolute atomic E-state index is 12.0. The maximum Gasteiger partial charge on any atom is 0.261 e. The molecule has 1 heterocycles. The monoisotopic (exact) mass is 264 g/mol. The van der Waals surface area contributed by atoms with Gasteiger partial charge in [-0.1, -0.05) is 24.4 Å². The van der Waals surface area contributed by atoms with Crippen molar-refractivity contribution in [3.05, 3.63) is 32.3 Å². The van der Waals surface area contributed by atoms with Crippen LogP contribution in [0.3, 0.4) is 0 Å². The molecule has 6 heteroatoms. The van der Waals surface area contributed by atoms with E-state index in [1.54, 1.807) is 6.07 Å². The van der Waals surface area contributed by atoms with Crippen LogP contribution in [0.5, 0.6) is 0 Å². The van der Waals surface area contributed by atoms with Gasteiger partial charge in [-0.05, 0) is 30.5 Å². The summed E-state index contributed by atoms with van der Waals surface area (Å²) in [6.45, 7) is 0.317. The quantitative estimate of drug-likeness (QED) is 0.503. The van der Waals surface area contributed by atoms with Crippen molar-refractivity contribution < 1.29 is 4.79 Å². The van der Waals surface area contributed by atoms with E-state index in [1.807, 2.05) is 6.07 Å². The molecule has 0 unspecified atom stereocenters. The van der Waals surface area contributed by atoms with Crippen LogP contribution in [0.4, 0.5) is 0 Å². The van der Waals surface area contributed by atoms with E-state index < -0.39 is 0 Å². The molecule has 1 aliphatic carbocycles. The van der Waals surface area contributed by atoms with Gasteiger partial charge in [-0.15, -0.1) is 11.3 Å². The number of amides is 1. The number of nitrogens with zero attached hydrogens (tertiary/aromatic N) is 3. The highest BCUT2D eigenvalue weighted by Crippen LogP contribution is 2.20. The Morgan fingerprint density at radius 1 is 1.44 bits per heavy atom. The fourth-order valence-electron chi connectivity index (χ4n) is 2.19. The Hall–Kier alpha value is -1.52. The zero-order valence-electron chi connectivity index (χ0n) is 10.1. The molecule has 2 rings (SSSR count). The number of carbonyl (C=O) groups excluding carboxylic acids is 1. The highest BCUT2D eigenvalue weighted by molar-refractivity contribution is 7.14. The minimum Gasteiger partial charge on any atom is -0.349 e. The lowest BCUT2D eigenvalue weighted by Crippen LogP contribution is -2.35. The SMILES string of the molecule is [N-]=[N+]=NCc1ccc(C(=O)NC2CCCCC2)s1. The van der Waals surface area contributed by atoms with Gasteiger partial charge in [-0.3, -0.25) is 4.79 Å². The van der Waals surface area contributed by atoms with Crippen LogP contribution < -0.4 is 5.32 Å². The molecule has 0 aromatic carbocycles. The first-order valence-electron chi connectivity index (χ1n) is 6.20. The van der Waals surface area contributed by atoms with Crippen molar-refractivity contribution in [3.63, 3.8) is 0 Å². The fraction of sp³-hybridized carbons (Fsp3) is 0.583. The minimum atomic E-state index is -0.000845. The van der Waals surface area contributed by atoms with E-state index in [-0.39, 0.29) is 5.91 Å². The predicted octanol–water partition coefficient (Wildman–Crippen LogP) is 3.62. The molecule has 0 radical (unpaired) electrons. The lowest BCUT2D eigenvalue weighted by atomic mass is 9.95. The van der Waals surface area contributed by atoms with Gasteiger partial charge in [0.25, 0.3) is 5.91 Å². The smallest absolute Gasteiger partial charge is 0.261 e. The third kappa shape index (κ3) is 3.48. The van der Waals surface area contributed by atoms with Gasteiger partial charge in [0.05, 0.1) is 11.4 Å². The van der Waals surface area contributed by atoms with Crippen LogP contribution in [0.15, 0.2) is 17.2 Å². The molecule has 18 heavy (non-hydrogen) atoms. The van der Waals surface area contributed by atoms with Crippen molar-refractivity contribution in [2.24, 2.45) is 5.11 Å². The summed E-state index contributed by atoms with van der Waals surface area (Å²) >= 11 is 1.39. The molecule has 1 fully saturated rings. The lowest BCUT2D eigenvalue weighted by molar-refractivity contribution is 0.0932. The van der Waals surface area contributed by atoms with Gasteiger partial charge in [0.1, 0.15) is 0 Å². The normalized spacial score (nSPS) is 16.0. The molecule has 0 saturated heterocycles. The molecule has 1 aliphatic rings. The van der Waals surface area contributed by atoms with Gasteiger partial charge in [-0.25, -0.2) is 0 Å². The molecule has 1 N–H and O–H groups in total. The van der Waals surface area contributed by atoms with Crippen LogP contribution in [0.2, 0.25) is 0 Å².